The number of aromatic nitrogens is 1. The lowest BCUT2D eigenvalue weighted by Gasteiger charge is -2.35. The molecular formula is C18H26N4. The third kappa shape index (κ3) is 2.94. The first kappa shape index (κ1) is 15.3. The lowest BCUT2D eigenvalue weighted by molar-refractivity contribution is 0.270. The van der Waals surface area contributed by atoms with Crippen LogP contribution < -0.4 is 10.6 Å². The van der Waals surface area contributed by atoms with Gasteiger partial charge in [0.05, 0.1) is 5.52 Å². The molecule has 1 aromatic carbocycles. The zero-order valence-electron chi connectivity index (χ0n) is 13.7. The van der Waals surface area contributed by atoms with Gasteiger partial charge >= 0.3 is 0 Å². The molecule has 2 aromatic rings. The second kappa shape index (κ2) is 6.63. The fourth-order valence-corrected chi connectivity index (χ4v) is 3.18. The molecular weight excluding hydrogens is 272 g/mol. The lowest BCUT2D eigenvalue weighted by Crippen LogP contribution is -2.46. The fourth-order valence-electron chi connectivity index (χ4n) is 3.18. The molecule has 0 bridgehead atoms. The van der Waals surface area contributed by atoms with E-state index in [1.807, 2.05) is 0 Å². The van der Waals surface area contributed by atoms with Crippen molar-refractivity contribution < 1.29 is 0 Å². The molecule has 118 valence electrons. The van der Waals surface area contributed by atoms with E-state index in [4.69, 9.17) is 10.7 Å². The number of pyridine rings is 1. The van der Waals surface area contributed by atoms with Crippen LogP contribution in [0.4, 0.5) is 5.82 Å². The average Bonchev–Trinajstić information content (AvgIpc) is 2.60. The Morgan fingerprint density at radius 2 is 1.86 bits per heavy atom. The van der Waals surface area contributed by atoms with Gasteiger partial charge in [0, 0.05) is 43.7 Å². The molecule has 1 saturated heterocycles. The number of nitrogens with zero attached hydrogens (tertiary/aromatic N) is 3. The monoisotopic (exact) mass is 298 g/mol. The zero-order chi connectivity index (χ0) is 15.5. The molecule has 0 atom stereocenters. The topological polar surface area (TPSA) is 45.4 Å². The number of nitrogens with two attached hydrogens (primary N) is 1. The maximum atomic E-state index is 6.00. The van der Waals surface area contributed by atoms with Gasteiger partial charge < -0.3 is 15.5 Å². The van der Waals surface area contributed by atoms with E-state index in [1.165, 1.54) is 10.9 Å². The highest BCUT2D eigenvalue weighted by molar-refractivity contribution is 5.82. The van der Waals surface area contributed by atoms with Crippen LogP contribution >= 0.6 is 0 Å². The molecule has 0 saturated carbocycles. The quantitative estimate of drug-likeness (QED) is 0.941. The predicted octanol–water partition coefficient (Wildman–Crippen LogP) is 2.40. The van der Waals surface area contributed by atoms with Crippen LogP contribution in [0.5, 0.6) is 0 Å². The summed E-state index contributed by atoms with van der Waals surface area (Å²) in [5, 5.41) is 1.20. The predicted molar refractivity (Wildman–Crippen MR) is 93.3 cm³/mol. The number of benzene rings is 1. The molecule has 22 heavy (non-hydrogen) atoms. The summed E-state index contributed by atoms with van der Waals surface area (Å²) >= 11 is 0. The smallest absolute Gasteiger partial charge is 0.133 e. The van der Waals surface area contributed by atoms with Crippen LogP contribution in [0, 0.1) is 0 Å². The Bertz CT molecular complexity index is 645. The SMILES string of the molecule is CCc1ccc2nc(N3CCN(CC)CC3)c(CN)cc2c1. The Morgan fingerprint density at radius 1 is 1.09 bits per heavy atom. The van der Waals surface area contributed by atoms with Crippen LogP contribution in [-0.4, -0.2) is 42.6 Å². The van der Waals surface area contributed by atoms with Crippen molar-refractivity contribution in [1.82, 2.24) is 9.88 Å². The highest BCUT2D eigenvalue weighted by Crippen LogP contribution is 2.25. The van der Waals surface area contributed by atoms with Crippen molar-refractivity contribution in [2.24, 2.45) is 5.73 Å². The van der Waals surface area contributed by atoms with Gasteiger partial charge in [0.1, 0.15) is 5.82 Å². The third-order valence-electron chi connectivity index (χ3n) is 4.68. The van der Waals surface area contributed by atoms with Gasteiger partial charge in [-0.3, -0.25) is 0 Å². The third-order valence-corrected chi connectivity index (χ3v) is 4.68. The number of hydrogen-bond donors (Lipinski definition) is 1. The van der Waals surface area contributed by atoms with E-state index in [1.54, 1.807) is 0 Å². The van der Waals surface area contributed by atoms with E-state index in [0.717, 1.165) is 56.0 Å². The van der Waals surface area contributed by atoms with Crippen molar-refractivity contribution in [2.45, 2.75) is 26.8 Å². The number of anilines is 1. The van der Waals surface area contributed by atoms with Gasteiger partial charge in [-0.15, -0.1) is 0 Å². The Morgan fingerprint density at radius 3 is 2.50 bits per heavy atom. The number of rotatable bonds is 4. The Balaban J connectivity index is 1.95. The van der Waals surface area contributed by atoms with Gasteiger partial charge in [0.15, 0.2) is 0 Å². The summed E-state index contributed by atoms with van der Waals surface area (Å²) in [6, 6.07) is 8.78. The first-order valence-electron chi connectivity index (χ1n) is 8.35. The maximum Gasteiger partial charge on any atom is 0.133 e. The number of fused-ring (bicyclic) bond motifs is 1. The minimum Gasteiger partial charge on any atom is -0.354 e. The van der Waals surface area contributed by atoms with E-state index >= 15 is 0 Å². The average molecular weight is 298 g/mol. The molecule has 1 aliphatic heterocycles. The molecule has 0 aliphatic carbocycles. The van der Waals surface area contributed by atoms with E-state index in [2.05, 4.69) is 47.9 Å². The van der Waals surface area contributed by atoms with Gasteiger partial charge in [0.25, 0.3) is 0 Å². The first-order chi connectivity index (χ1) is 10.7. The van der Waals surface area contributed by atoms with Crippen LogP contribution in [-0.2, 0) is 13.0 Å². The summed E-state index contributed by atoms with van der Waals surface area (Å²) < 4.78 is 0. The van der Waals surface area contributed by atoms with Gasteiger partial charge in [-0.05, 0) is 36.7 Å². The van der Waals surface area contributed by atoms with Gasteiger partial charge in [-0.1, -0.05) is 19.9 Å². The van der Waals surface area contributed by atoms with Crippen LogP contribution in [0.2, 0.25) is 0 Å². The summed E-state index contributed by atoms with van der Waals surface area (Å²) in [7, 11) is 0. The molecule has 2 N–H and O–H groups in total. The molecule has 0 radical (unpaired) electrons. The minimum absolute atomic E-state index is 0.544. The molecule has 4 heteroatoms. The summed E-state index contributed by atoms with van der Waals surface area (Å²) in [5.41, 5.74) is 9.57. The van der Waals surface area contributed by atoms with Crippen molar-refractivity contribution in [1.29, 1.82) is 0 Å². The molecule has 1 aliphatic rings. The Labute approximate surface area is 132 Å². The van der Waals surface area contributed by atoms with Crippen molar-refractivity contribution in [3.8, 4) is 0 Å². The van der Waals surface area contributed by atoms with Crippen molar-refractivity contribution >= 4 is 16.7 Å². The summed E-state index contributed by atoms with van der Waals surface area (Å²) in [5.74, 6) is 1.08. The Kier molecular flexibility index (Phi) is 4.60. The number of aryl methyl sites for hydroxylation is 1. The normalized spacial score (nSPS) is 16.4. The van der Waals surface area contributed by atoms with Crippen LogP contribution in [0.1, 0.15) is 25.0 Å². The number of hydrogen-bond acceptors (Lipinski definition) is 4. The second-order valence-corrected chi connectivity index (χ2v) is 5.98. The van der Waals surface area contributed by atoms with Gasteiger partial charge in [-0.25, -0.2) is 4.98 Å². The lowest BCUT2D eigenvalue weighted by atomic mass is 10.1. The number of piperazine rings is 1. The molecule has 3 rings (SSSR count). The van der Waals surface area contributed by atoms with E-state index in [0.29, 0.717) is 6.54 Å². The second-order valence-electron chi connectivity index (χ2n) is 5.98. The summed E-state index contributed by atoms with van der Waals surface area (Å²) in [6.45, 7) is 10.4. The number of likely N-dealkylation sites (N-methyl/N-ethyl adjacent to an activating group) is 1. The highest BCUT2D eigenvalue weighted by Gasteiger charge is 2.19. The molecule has 4 nitrogen and oxygen atoms in total. The molecule has 0 amide bonds. The molecule has 1 aromatic heterocycles. The van der Waals surface area contributed by atoms with E-state index in [9.17, 15) is 0 Å². The summed E-state index contributed by atoms with van der Waals surface area (Å²) in [6.07, 6.45) is 1.05. The van der Waals surface area contributed by atoms with Gasteiger partial charge in [0.2, 0.25) is 0 Å². The minimum atomic E-state index is 0.544. The summed E-state index contributed by atoms with van der Waals surface area (Å²) in [4.78, 5) is 9.79. The Hall–Kier alpha value is -1.65. The molecule has 0 spiro atoms. The van der Waals surface area contributed by atoms with E-state index < -0.39 is 0 Å². The van der Waals surface area contributed by atoms with Crippen LogP contribution in [0.3, 0.4) is 0 Å². The van der Waals surface area contributed by atoms with Crippen LogP contribution in [0.15, 0.2) is 24.3 Å². The molecule has 1 fully saturated rings. The van der Waals surface area contributed by atoms with Crippen molar-refractivity contribution in [3.05, 3.63) is 35.4 Å². The van der Waals surface area contributed by atoms with Gasteiger partial charge in [-0.2, -0.15) is 0 Å². The molecule has 2 heterocycles. The zero-order valence-corrected chi connectivity index (χ0v) is 13.7. The first-order valence-corrected chi connectivity index (χ1v) is 8.35. The van der Waals surface area contributed by atoms with Crippen LogP contribution in [0.25, 0.3) is 10.9 Å². The fraction of sp³-hybridized carbons (Fsp3) is 0.500. The van der Waals surface area contributed by atoms with Crippen molar-refractivity contribution in [3.63, 3.8) is 0 Å². The maximum absolute atomic E-state index is 6.00. The largest absolute Gasteiger partial charge is 0.354 e. The van der Waals surface area contributed by atoms with E-state index in [-0.39, 0.29) is 0 Å². The molecule has 0 unspecified atom stereocenters. The highest BCUT2D eigenvalue weighted by atomic mass is 15.3. The van der Waals surface area contributed by atoms with Crippen molar-refractivity contribution in [2.75, 3.05) is 37.6 Å². The standard InChI is InChI=1S/C18H26N4/c1-3-14-5-6-17-15(11-14)12-16(13-19)18(20-17)22-9-7-21(4-2)8-10-22/h5-6,11-12H,3-4,7-10,13,19H2,1-2H3.